The molecule has 6 nitrogen and oxygen atoms in total. The Morgan fingerprint density at radius 2 is 2.00 bits per heavy atom. The minimum atomic E-state index is -0.884. The van der Waals surface area contributed by atoms with Crippen LogP contribution in [-0.2, 0) is 16.1 Å². The van der Waals surface area contributed by atoms with Gasteiger partial charge >= 0.3 is 0 Å². The molecule has 2 amide bonds. The molecule has 0 aliphatic carbocycles. The molecule has 0 radical (unpaired) electrons. The van der Waals surface area contributed by atoms with Crippen LogP contribution in [0.15, 0.2) is 65.9 Å². The normalized spacial score (nSPS) is 22.0. The van der Waals surface area contributed by atoms with E-state index in [1.165, 1.54) is 5.56 Å². The van der Waals surface area contributed by atoms with Crippen LogP contribution in [0.5, 0.6) is 0 Å². The molecule has 0 aromatic heterocycles. The number of aliphatic hydroxyl groups is 1. The fourth-order valence-corrected chi connectivity index (χ4v) is 3.97. The fourth-order valence-electron chi connectivity index (χ4n) is 3.97. The SMILES string of the molecule is Cc1cccc(NC(=O)C2=C(O)C3(CCN(Cc4ccccc4)C3)NC2=O)c1. The molecule has 1 fully saturated rings. The largest absolute Gasteiger partial charge is 0.509 e. The lowest BCUT2D eigenvalue weighted by Gasteiger charge is -2.24. The maximum atomic E-state index is 12.7. The molecule has 6 heteroatoms. The summed E-state index contributed by atoms with van der Waals surface area (Å²) in [6.07, 6.45) is 0.568. The Hall–Kier alpha value is -3.12. The van der Waals surface area contributed by atoms with Gasteiger partial charge in [-0.1, -0.05) is 42.5 Å². The summed E-state index contributed by atoms with van der Waals surface area (Å²) >= 11 is 0. The predicted molar refractivity (Wildman–Crippen MR) is 107 cm³/mol. The highest BCUT2D eigenvalue weighted by Crippen LogP contribution is 2.35. The molecule has 2 aliphatic heterocycles. The van der Waals surface area contributed by atoms with Crippen LogP contribution < -0.4 is 10.6 Å². The van der Waals surface area contributed by atoms with Gasteiger partial charge in [-0.05, 0) is 36.6 Å². The van der Waals surface area contributed by atoms with Gasteiger partial charge in [-0.25, -0.2) is 0 Å². The molecule has 1 spiro atoms. The number of aryl methyl sites for hydroxylation is 1. The van der Waals surface area contributed by atoms with E-state index >= 15 is 0 Å². The zero-order valence-electron chi connectivity index (χ0n) is 15.7. The van der Waals surface area contributed by atoms with Gasteiger partial charge in [-0.3, -0.25) is 14.5 Å². The molecule has 144 valence electrons. The molecule has 1 atom stereocenters. The summed E-state index contributed by atoms with van der Waals surface area (Å²) in [7, 11) is 0. The standard InChI is InChI=1S/C22H23N3O3/c1-15-6-5-9-17(12-15)23-20(27)18-19(26)22(24-21(18)28)10-11-25(14-22)13-16-7-3-2-4-8-16/h2-9,12,26H,10-11,13-14H2,1H3,(H,23,27)(H,24,28). The van der Waals surface area contributed by atoms with E-state index < -0.39 is 17.4 Å². The topological polar surface area (TPSA) is 81.7 Å². The van der Waals surface area contributed by atoms with E-state index in [0.717, 1.165) is 18.7 Å². The Labute approximate surface area is 163 Å². The number of hydrogen-bond acceptors (Lipinski definition) is 4. The number of hydrogen-bond donors (Lipinski definition) is 3. The number of nitrogens with zero attached hydrogens (tertiary/aromatic N) is 1. The Bertz CT molecular complexity index is 955. The van der Waals surface area contributed by atoms with Crippen molar-refractivity contribution < 1.29 is 14.7 Å². The molecule has 28 heavy (non-hydrogen) atoms. The van der Waals surface area contributed by atoms with Gasteiger partial charge in [-0.2, -0.15) is 0 Å². The van der Waals surface area contributed by atoms with E-state index in [9.17, 15) is 14.7 Å². The van der Waals surface area contributed by atoms with E-state index in [1.807, 2.05) is 43.3 Å². The van der Waals surface area contributed by atoms with Crippen LogP contribution in [-0.4, -0.2) is 40.4 Å². The van der Waals surface area contributed by atoms with Crippen LogP contribution in [0.3, 0.4) is 0 Å². The molecule has 0 bridgehead atoms. The average molecular weight is 377 g/mol. The molecule has 2 aliphatic rings. The van der Waals surface area contributed by atoms with Crippen LogP contribution in [0, 0.1) is 6.92 Å². The Kier molecular flexibility index (Phi) is 4.65. The third kappa shape index (κ3) is 3.39. The van der Waals surface area contributed by atoms with Crippen molar-refractivity contribution in [1.82, 2.24) is 10.2 Å². The Balaban J connectivity index is 1.51. The van der Waals surface area contributed by atoms with E-state index in [1.54, 1.807) is 6.07 Å². The van der Waals surface area contributed by atoms with Crippen molar-refractivity contribution in [2.75, 3.05) is 18.4 Å². The van der Waals surface area contributed by atoms with E-state index in [0.29, 0.717) is 18.7 Å². The summed E-state index contributed by atoms with van der Waals surface area (Å²) in [5, 5.41) is 16.4. The van der Waals surface area contributed by atoms with E-state index in [4.69, 9.17) is 0 Å². The Morgan fingerprint density at radius 3 is 2.75 bits per heavy atom. The smallest absolute Gasteiger partial charge is 0.264 e. The highest BCUT2D eigenvalue weighted by molar-refractivity contribution is 6.25. The Morgan fingerprint density at radius 1 is 1.21 bits per heavy atom. The lowest BCUT2D eigenvalue weighted by Crippen LogP contribution is -2.46. The minimum absolute atomic E-state index is 0.154. The number of likely N-dealkylation sites (tertiary alicyclic amines) is 1. The van der Waals surface area contributed by atoms with Gasteiger partial charge in [0.2, 0.25) is 0 Å². The molecule has 2 aromatic carbocycles. The first kappa shape index (κ1) is 18.3. The maximum absolute atomic E-state index is 12.7. The second kappa shape index (κ2) is 7.13. The molecule has 1 unspecified atom stereocenters. The van der Waals surface area contributed by atoms with Gasteiger partial charge in [0.25, 0.3) is 11.8 Å². The van der Waals surface area contributed by atoms with Crippen LogP contribution in [0.2, 0.25) is 0 Å². The number of anilines is 1. The van der Waals surface area contributed by atoms with Gasteiger partial charge in [0, 0.05) is 25.3 Å². The van der Waals surface area contributed by atoms with E-state index in [2.05, 4.69) is 27.7 Å². The second-order valence-corrected chi connectivity index (χ2v) is 7.53. The number of rotatable bonds is 4. The van der Waals surface area contributed by atoms with Crippen molar-refractivity contribution in [1.29, 1.82) is 0 Å². The fraction of sp³-hybridized carbons (Fsp3) is 0.273. The first-order valence-corrected chi connectivity index (χ1v) is 9.37. The van der Waals surface area contributed by atoms with Gasteiger partial charge < -0.3 is 15.7 Å². The van der Waals surface area contributed by atoms with Crippen molar-refractivity contribution in [2.24, 2.45) is 0 Å². The van der Waals surface area contributed by atoms with Gasteiger partial charge in [0.15, 0.2) is 0 Å². The van der Waals surface area contributed by atoms with Crippen LogP contribution in [0.25, 0.3) is 0 Å². The summed E-state index contributed by atoms with van der Waals surface area (Å²) in [5.74, 6) is -1.26. The number of nitrogens with one attached hydrogen (secondary N) is 2. The van der Waals surface area contributed by atoms with Gasteiger partial charge in [0.1, 0.15) is 16.9 Å². The molecule has 1 saturated heterocycles. The first-order valence-electron chi connectivity index (χ1n) is 9.37. The number of amides is 2. The van der Waals surface area contributed by atoms with Crippen molar-refractivity contribution >= 4 is 17.5 Å². The zero-order chi connectivity index (χ0) is 19.7. The monoisotopic (exact) mass is 377 g/mol. The summed E-state index contributed by atoms with van der Waals surface area (Å²) in [4.78, 5) is 27.3. The van der Waals surface area contributed by atoms with Crippen molar-refractivity contribution in [3.05, 3.63) is 77.1 Å². The molecule has 0 saturated carbocycles. The number of carbonyl (C=O) groups excluding carboxylic acids is 2. The molecule has 2 aromatic rings. The van der Waals surface area contributed by atoms with Gasteiger partial charge in [0.05, 0.1) is 0 Å². The highest BCUT2D eigenvalue weighted by atomic mass is 16.3. The first-order chi connectivity index (χ1) is 13.5. The van der Waals surface area contributed by atoms with E-state index in [-0.39, 0.29) is 11.3 Å². The summed E-state index contributed by atoms with van der Waals surface area (Å²) < 4.78 is 0. The maximum Gasteiger partial charge on any atom is 0.264 e. The number of aliphatic hydroxyl groups excluding tert-OH is 1. The third-order valence-corrected chi connectivity index (χ3v) is 5.37. The summed E-state index contributed by atoms with van der Waals surface area (Å²) in [5.41, 5.74) is 1.69. The van der Waals surface area contributed by atoms with Crippen LogP contribution >= 0.6 is 0 Å². The van der Waals surface area contributed by atoms with Gasteiger partial charge in [-0.15, -0.1) is 0 Å². The predicted octanol–water partition coefficient (Wildman–Crippen LogP) is 2.52. The van der Waals surface area contributed by atoms with Crippen molar-refractivity contribution in [3.63, 3.8) is 0 Å². The minimum Gasteiger partial charge on any atom is -0.509 e. The molecule has 3 N–H and O–H groups in total. The molecular formula is C22H23N3O3. The number of benzene rings is 2. The lowest BCUT2D eigenvalue weighted by molar-refractivity contribution is -0.121. The van der Waals surface area contributed by atoms with Crippen molar-refractivity contribution in [2.45, 2.75) is 25.4 Å². The molecule has 4 rings (SSSR count). The number of carbonyl (C=O) groups is 2. The third-order valence-electron chi connectivity index (χ3n) is 5.37. The van der Waals surface area contributed by atoms with Crippen LogP contribution in [0.4, 0.5) is 5.69 Å². The lowest BCUT2D eigenvalue weighted by atomic mass is 9.96. The van der Waals surface area contributed by atoms with Crippen molar-refractivity contribution in [3.8, 4) is 0 Å². The average Bonchev–Trinajstić information content (AvgIpc) is 3.16. The molecule has 2 heterocycles. The highest BCUT2D eigenvalue weighted by Gasteiger charge is 2.51. The zero-order valence-corrected chi connectivity index (χ0v) is 15.7. The van der Waals surface area contributed by atoms with Crippen LogP contribution in [0.1, 0.15) is 17.5 Å². The quantitative estimate of drug-likeness (QED) is 0.715. The second-order valence-electron chi connectivity index (χ2n) is 7.53. The summed E-state index contributed by atoms with van der Waals surface area (Å²) in [6, 6.07) is 17.4. The molecular weight excluding hydrogens is 354 g/mol. The summed E-state index contributed by atoms with van der Waals surface area (Å²) in [6.45, 7) is 3.85.